The number of hydrogen-bond donors (Lipinski definition) is 1. The number of ether oxygens (including phenoxy) is 1. The number of para-hydroxylation sites is 1. The van der Waals surface area contributed by atoms with Crippen molar-refractivity contribution in [2.45, 2.75) is 18.5 Å². The van der Waals surface area contributed by atoms with Crippen molar-refractivity contribution in [3.63, 3.8) is 0 Å². The second-order valence-corrected chi connectivity index (χ2v) is 13.6. The molecule has 3 aliphatic rings. The summed E-state index contributed by atoms with van der Waals surface area (Å²) in [7, 11) is 3.46. The van der Waals surface area contributed by atoms with Gasteiger partial charge in [0.15, 0.2) is 0 Å². The lowest BCUT2D eigenvalue weighted by Crippen LogP contribution is -2.46. The van der Waals surface area contributed by atoms with Gasteiger partial charge in [-0.25, -0.2) is 4.99 Å². The van der Waals surface area contributed by atoms with Crippen molar-refractivity contribution in [1.82, 2.24) is 9.80 Å². The van der Waals surface area contributed by atoms with Gasteiger partial charge in [-0.05, 0) is 50.9 Å². The Morgan fingerprint density at radius 2 is 1.84 bits per heavy atom. The van der Waals surface area contributed by atoms with E-state index in [2.05, 4.69) is 57.5 Å². The highest BCUT2D eigenvalue weighted by atomic mass is 31.2. The van der Waals surface area contributed by atoms with Gasteiger partial charge in [-0.2, -0.15) is 0 Å². The van der Waals surface area contributed by atoms with E-state index < -0.39 is 7.14 Å². The van der Waals surface area contributed by atoms with E-state index in [1.807, 2.05) is 31.3 Å². The maximum absolute atomic E-state index is 13.0. The topological polar surface area (TPSA) is 72.8 Å². The van der Waals surface area contributed by atoms with E-state index in [0.29, 0.717) is 6.42 Å². The fraction of sp³-hybridized carbons (Fsp3) is 0.429. The number of rotatable bonds is 6. The van der Waals surface area contributed by atoms with Gasteiger partial charge in [-0.15, -0.1) is 0 Å². The van der Waals surface area contributed by atoms with Gasteiger partial charge in [-0.3, -0.25) is 4.99 Å². The number of nitrogens with one attached hydrogen (secondary N) is 1. The Labute approximate surface area is 220 Å². The summed E-state index contributed by atoms with van der Waals surface area (Å²) in [6.45, 7) is 7.74. The van der Waals surface area contributed by atoms with Crippen LogP contribution in [0.1, 0.15) is 5.56 Å². The third-order valence-corrected chi connectivity index (χ3v) is 8.89. The molecule has 0 bridgehead atoms. The Bertz CT molecular complexity index is 1290. The van der Waals surface area contributed by atoms with Crippen LogP contribution < -0.4 is 20.3 Å². The van der Waals surface area contributed by atoms with E-state index in [0.717, 1.165) is 60.2 Å². The number of piperazine rings is 1. The van der Waals surface area contributed by atoms with Crippen LogP contribution in [0.2, 0.25) is 0 Å². The van der Waals surface area contributed by atoms with Crippen LogP contribution in [0.15, 0.2) is 64.7 Å². The normalized spacial score (nSPS) is 22.0. The summed E-state index contributed by atoms with van der Waals surface area (Å²) in [4.78, 5) is 16.9. The third-order valence-electron chi connectivity index (χ3n) is 7.34. The molecule has 5 rings (SSSR count). The minimum atomic E-state index is -2.47. The number of nitrogens with zero attached hydrogens (tertiary/aromatic N) is 5. The second kappa shape index (κ2) is 10.3. The number of benzene rings is 2. The van der Waals surface area contributed by atoms with Crippen LogP contribution in [0.5, 0.6) is 5.75 Å². The van der Waals surface area contributed by atoms with E-state index in [-0.39, 0.29) is 12.1 Å². The Morgan fingerprint density at radius 1 is 1.08 bits per heavy atom. The van der Waals surface area contributed by atoms with Gasteiger partial charge < -0.3 is 29.3 Å². The second-order valence-electron chi connectivity index (χ2n) is 10.4. The van der Waals surface area contributed by atoms with Crippen molar-refractivity contribution in [1.29, 1.82) is 0 Å². The lowest BCUT2D eigenvalue weighted by molar-refractivity contribution is 0.312. The maximum atomic E-state index is 13.0. The molecular formula is C28H37N6O2P. The Balaban J connectivity index is 1.42. The van der Waals surface area contributed by atoms with Crippen LogP contribution in [0.3, 0.4) is 0 Å². The van der Waals surface area contributed by atoms with Crippen LogP contribution in [-0.4, -0.2) is 94.3 Å². The fourth-order valence-electron chi connectivity index (χ4n) is 5.22. The summed E-state index contributed by atoms with van der Waals surface area (Å²) < 4.78 is 18.8. The van der Waals surface area contributed by atoms with Crippen LogP contribution in [-0.2, 0) is 11.0 Å². The first kappa shape index (κ1) is 25.6. The van der Waals surface area contributed by atoms with Gasteiger partial charge in [0.1, 0.15) is 30.6 Å². The first-order chi connectivity index (χ1) is 17.7. The molecule has 9 heteroatoms. The highest BCUT2D eigenvalue weighted by Crippen LogP contribution is 2.38. The minimum absolute atomic E-state index is 0.0218. The maximum Gasteiger partial charge on any atom is 0.133 e. The number of hydrogen-bond acceptors (Lipinski definition) is 8. The molecule has 3 aliphatic heterocycles. The molecule has 2 aromatic carbocycles. The van der Waals surface area contributed by atoms with E-state index in [1.165, 1.54) is 5.69 Å². The lowest BCUT2D eigenvalue weighted by Gasteiger charge is -2.34. The molecule has 2 unspecified atom stereocenters. The molecule has 196 valence electrons. The van der Waals surface area contributed by atoms with Crippen molar-refractivity contribution in [2.75, 3.05) is 70.9 Å². The van der Waals surface area contributed by atoms with E-state index in [1.54, 1.807) is 20.4 Å². The van der Waals surface area contributed by atoms with Crippen molar-refractivity contribution in [3.8, 4) is 5.75 Å². The Kier molecular flexibility index (Phi) is 7.15. The summed E-state index contributed by atoms with van der Waals surface area (Å²) in [5, 5.41) is 4.36. The lowest BCUT2D eigenvalue weighted by atomic mass is 10.0. The van der Waals surface area contributed by atoms with Gasteiger partial charge in [-0.1, -0.05) is 18.2 Å². The average Bonchev–Trinajstić information content (AvgIpc) is 3.25. The predicted octanol–water partition coefficient (Wildman–Crippen LogP) is 3.36. The average molecular weight is 521 g/mol. The fourth-order valence-corrected chi connectivity index (χ4v) is 6.38. The van der Waals surface area contributed by atoms with Crippen molar-refractivity contribution in [3.05, 3.63) is 60.3 Å². The zero-order chi connectivity index (χ0) is 26.2. The minimum Gasteiger partial charge on any atom is -0.496 e. The highest BCUT2D eigenvalue weighted by Gasteiger charge is 2.35. The molecule has 0 radical (unpaired) electrons. The molecule has 0 aromatic heterocycles. The molecule has 1 saturated heterocycles. The molecule has 1 N–H and O–H groups in total. The van der Waals surface area contributed by atoms with Crippen LogP contribution in [0.4, 0.5) is 11.4 Å². The van der Waals surface area contributed by atoms with E-state index >= 15 is 0 Å². The predicted molar refractivity (Wildman–Crippen MR) is 155 cm³/mol. The van der Waals surface area contributed by atoms with Crippen LogP contribution in [0.25, 0.3) is 0 Å². The number of amidine groups is 2. The summed E-state index contributed by atoms with van der Waals surface area (Å²) in [5.74, 6) is 2.42. The molecule has 1 fully saturated rings. The Hall–Kier alpha value is -3.09. The van der Waals surface area contributed by atoms with Crippen molar-refractivity contribution in [2.24, 2.45) is 9.98 Å². The molecule has 37 heavy (non-hydrogen) atoms. The summed E-state index contributed by atoms with van der Waals surface area (Å²) >= 11 is 0. The molecule has 2 atom stereocenters. The first-order valence-electron chi connectivity index (χ1n) is 12.8. The van der Waals surface area contributed by atoms with Crippen molar-refractivity contribution < 1.29 is 9.30 Å². The number of fused-ring (bicyclic) bond motifs is 1. The number of methoxy groups -OCH3 is 1. The van der Waals surface area contributed by atoms with Gasteiger partial charge in [0.2, 0.25) is 0 Å². The molecule has 0 spiro atoms. The summed E-state index contributed by atoms with van der Waals surface area (Å²) in [5.41, 5.74) is 3.08. The summed E-state index contributed by atoms with van der Waals surface area (Å²) in [6, 6.07) is 14.2. The zero-order valence-corrected chi connectivity index (χ0v) is 23.3. The summed E-state index contributed by atoms with van der Waals surface area (Å²) in [6.07, 6.45) is 4.74. The molecule has 2 aromatic rings. The van der Waals surface area contributed by atoms with Gasteiger partial charge in [0.25, 0.3) is 0 Å². The van der Waals surface area contributed by atoms with Crippen molar-refractivity contribution >= 4 is 35.5 Å². The van der Waals surface area contributed by atoms with Gasteiger partial charge in [0, 0.05) is 62.3 Å². The van der Waals surface area contributed by atoms with Gasteiger partial charge >= 0.3 is 0 Å². The molecule has 3 heterocycles. The van der Waals surface area contributed by atoms with Crippen LogP contribution >= 0.6 is 7.14 Å². The number of likely N-dealkylation sites (N-methyl/N-ethyl adjacent to an activating group) is 2. The van der Waals surface area contributed by atoms with E-state index in [9.17, 15) is 4.57 Å². The zero-order valence-electron chi connectivity index (χ0n) is 22.4. The molecule has 0 saturated carbocycles. The molecule has 0 amide bonds. The molecule has 0 aliphatic carbocycles. The first-order valence-corrected chi connectivity index (χ1v) is 15.4. The molecule has 8 nitrogen and oxygen atoms in total. The third kappa shape index (κ3) is 5.46. The quantitative estimate of drug-likeness (QED) is 0.589. The monoisotopic (exact) mass is 520 g/mol. The largest absolute Gasteiger partial charge is 0.496 e. The standard InChI is InChI=1S/C28H37N6O2P/c1-32-14-16-34(17-15-32)21-11-10-20(24(19-21)36-3)18-26-29-23-12-13-33(2)27(23)28(31-26)30-22-8-6-7-9-25(22)37(4,5)35/h6-13,19,23,27H,14-18H2,1-5H3,(H,29,30,31). The van der Waals surface area contributed by atoms with E-state index in [4.69, 9.17) is 14.7 Å². The SMILES string of the molecule is COc1cc(N2CCN(C)CC2)ccc1CC1=NC2C=CN(C)C2C(Nc2ccccc2P(C)(C)=O)=N1. The van der Waals surface area contributed by atoms with Crippen LogP contribution in [0, 0.1) is 0 Å². The Morgan fingerprint density at radius 3 is 2.57 bits per heavy atom. The highest BCUT2D eigenvalue weighted by molar-refractivity contribution is 7.70. The molecular weight excluding hydrogens is 483 g/mol. The number of anilines is 2. The number of aliphatic imine (C=N–C) groups is 2. The van der Waals surface area contributed by atoms with Gasteiger partial charge in [0.05, 0.1) is 18.8 Å². The smallest absolute Gasteiger partial charge is 0.133 e.